The normalized spacial score (nSPS) is 22.7. The lowest BCUT2D eigenvalue weighted by Gasteiger charge is -2.41. The van der Waals surface area contributed by atoms with Crippen molar-refractivity contribution in [2.75, 3.05) is 39.6 Å². The number of benzene rings is 1. The number of piperidine rings is 1. The van der Waals surface area contributed by atoms with E-state index in [2.05, 4.69) is 22.8 Å². The van der Waals surface area contributed by atoms with Gasteiger partial charge in [-0.25, -0.2) is 0 Å². The average molecular weight is 387 g/mol. The molecule has 3 aliphatic rings. The molecule has 1 aromatic carbocycles. The van der Waals surface area contributed by atoms with Gasteiger partial charge in [0.1, 0.15) is 0 Å². The second kappa shape index (κ2) is 7.72. The molecule has 3 aliphatic heterocycles. The molecule has 2 saturated heterocycles. The molecule has 0 unspecified atom stereocenters. The first-order valence-corrected chi connectivity index (χ1v) is 10.1. The van der Waals surface area contributed by atoms with Crippen LogP contribution in [0.1, 0.15) is 38.7 Å². The molecule has 1 aromatic rings. The lowest BCUT2D eigenvalue weighted by molar-refractivity contribution is -0.156. The van der Waals surface area contributed by atoms with Crippen molar-refractivity contribution >= 4 is 11.8 Å². The van der Waals surface area contributed by atoms with Crippen LogP contribution in [0.3, 0.4) is 0 Å². The van der Waals surface area contributed by atoms with Crippen molar-refractivity contribution in [1.82, 2.24) is 14.7 Å². The van der Waals surface area contributed by atoms with E-state index >= 15 is 0 Å². The highest BCUT2D eigenvalue weighted by Crippen LogP contribution is 2.35. The van der Waals surface area contributed by atoms with E-state index in [0.29, 0.717) is 26.3 Å². The van der Waals surface area contributed by atoms with Gasteiger partial charge in [-0.05, 0) is 29.5 Å². The molecule has 2 amide bonds. The number of ether oxygens (including phenoxy) is 2. The molecule has 152 valence electrons. The summed E-state index contributed by atoms with van der Waals surface area (Å²) in [6.07, 6.45) is 1.80. The van der Waals surface area contributed by atoms with E-state index in [9.17, 15) is 9.59 Å². The third-order valence-corrected chi connectivity index (χ3v) is 6.26. The van der Waals surface area contributed by atoms with Crippen molar-refractivity contribution in [3.05, 3.63) is 23.8 Å². The Labute approximate surface area is 166 Å². The Morgan fingerprint density at radius 3 is 2.29 bits per heavy atom. The summed E-state index contributed by atoms with van der Waals surface area (Å²) in [5, 5.41) is 0. The zero-order valence-electron chi connectivity index (χ0n) is 16.8. The van der Waals surface area contributed by atoms with E-state index in [1.807, 2.05) is 19.1 Å². The van der Waals surface area contributed by atoms with Crippen LogP contribution >= 0.6 is 0 Å². The van der Waals surface area contributed by atoms with Gasteiger partial charge in [0.2, 0.25) is 18.6 Å². The molecule has 0 spiro atoms. The third kappa shape index (κ3) is 4.00. The van der Waals surface area contributed by atoms with E-state index < -0.39 is 0 Å². The molecule has 0 atom stereocenters. The molecule has 2 fully saturated rings. The van der Waals surface area contributed by atoms with Gasteiger partial charge in [0.15, 0.2) is 11.5 Å². The maximum atomic E-state index is 12.5. The molecule has 0 saturated carbocycles. The minimum Gasteiger partial charge on any atom is -0.454 e. The number of rotatable bonds is 5. The zero-order valence-corrected chi connectivity index (χ0v) is 16.8. The summed E-state index contributed by atoms with van der Waals surface area (Å²) in [5.74, 6) is 1.58. The first-order valence-electron chi connectivity index (χ1n) is 10.1. The van der Waals surface area contributed by atoms with Gasteiger partial charge in [0.25, 0.3) is 0 Å². The predicted octanol–water partition coefficient (Wildman–Crippen LogP) is 2.06. The van der Waals surface area contributed by atoms with Crippen molar-refractivity contribution in [2.24, 2.45) is 5.41 Å². The van der Waals surface area contributed by atoms with Crippen LogP contribution in [-0.4, -0.2) is 66.2 Å². The highest BCUT2D eigenvalue weighted by atomic mass is 16.7. The van der Waals surface area contributed by atoms with Crippen LogP contribution in [0, 0.1) is 5.41 Å². The average Bonchev–Trinajstić information content (AvgIpc) is 3.14. The number of hydrogen-bond acceptors (Lipinski definition) is 6. The fourth-order valence-electron chi connectivity index (χ4n) is 4.12. The predicted molar refractivity (Wildman–Crippen MR) is 104 cm³/mol. The number of carbonyl (C=O) groups excluding carboxylic acids is 2. The summed E-state index contributed by atoms with van der Waals surface area (Å²) in [4.78, 5) is 31.1. The van der Waals surface area contributed by atoms with Crippen LogP contribution in [0.4, 0.5) is 0 Å². The third-order valence-electron chi connectivity index (χ3n) is 6.26. The lowest BCUT2D eigenvalue weighted by Crippen LogP contribution is -2.55. The topological polar surface area (TPSA) is 62.3 Å². The van der Waals surface area contributed by atoms with Crippen LogP contribution in [0.2, 0.25) is 0 Å². The highest BCUT2D eigenvalue weighted by Gasteiger charge is 2.40. The molecule has 0 aromatic heterocycles. The fourth-order valence-corrected chi connectivity index (χ4v) is 4.12. The van der Waals surface area contributed by atoms with Crippen molar-refractivity contribution in [1.29, 1.82) is 0 Å². The first kappa shape index (κ1) is 19.2. The second-order valence-electron chi connectivity index (χ2n) is 8.46. The molecule has 0 N–H and O–H groups in total. The summed E-state index contributed by atoms with van der Waals surface area (Å²) < 4.78 is 10.8. The fraction of sp³-hybridized carbons (Fsp3) is 0.619. The molecular weight excluding hydrogens is 358 g/mol. The maximum Gasteiger partial charge on any atom is 0.231 e. The lowest BCUT2D eigenvalue weighted by atomic mass is 9.77. The minimum absolute atomic E-state index is 0.0246. The van der Waals surface area contributed by atoms with Crippen LogP contribution in [0.5, 0.6) is 11.5 Å². The highest BCUT2D eigenvalue weighted by molar-refractivity contribution is 5.98. The van der Waals surface area contributed by atoms with Gasteiger partial charge in [-0.15, -0.1) is 0 Å². The van der Waals surface area contributed by atoms with E-state index in [1.165, 1.54) is 10.5 Å². The van der Waals surface area contributed by atoms with Gasteiger partial charge in [-0.1, -0.05) is 19.9 Å². The summed E-state index contributed by atoms with van der Waals surface area (Å²) >= 11 is 0. The first-order chi connectivity index (χ1) is 13.5. The molecule has 7 heteroatoms. The summed E-state index contributed by atoms with van der Waals surface area (Å²) in [5.41, 5.74) is 1.03. The van der Waals surface area contributed by atoms with Gasteiger partial charge >= 0.3 is 0 Å². The quantitative estimate of drug-likeness (QED) is 0.721. The van der Waals surface area contributed by atoms with Crippen molar-refractivity contribution in [2.45, 2.75) is 39.7 Å². The summed E-state index contributed by atoms with van der Waals surface area (Å²) in [7, 11) is 0. The summed E-state index contributed by atoms with van der Waals surface area (Å²) in [6.45, 7) is 9.21. The number of imide groups is 1. The number of amides is 2. The van der Waals surface area contributed by atoms with E-state index in [0.717, 1.165) is 50.6 Å². The summed E-state index contributed by atoms with van der Waals surface area (Å²) in [6, 6.07) is 6.09. The van der Waals surface area contributed by atoms with Crippen molar-refractivity contribution < 1.29 is 19.1 Å². The minimum atomic E-state index is -0.173. The Kier molecular flexibility index (Phi) is 5.29. The SMILES string of the molecule is CCC1(C)CC(=O)N(CN2CCN(Cc3ccc4c(c3)OCO4)CC2)C(=O)C1. The Bertz CT molecular complexity index is 740. The van der Waals surface area contributed by atoms with Crippen LogP contribution in [0.25, 0.3) is 0 Å². The van der Waals surface area contributed by atoms with Crippen molar-refractivity contribution in [3.63, 3.8) is 0 Å². The molecule has 0 bridgehead atoms. The number of likely N-dealkylation sites (tertiary alicyclic amines) is 1. The number of nitrogens with zero attached hydrogens (tertiary/aromatic N) is 3. The Morgan fingerprint density at radius 2 is 1.61 bits per heavy atom. The van der Waals surface area contributed by atoms with Gasteiger partial charge in [-0.2, -0.15) is 0 Å². The van der Waals surface area contributed by atoms with Crippen LogP contribution in [0.15, 0.2) is 18.2 Å². The molecule has 4 rings (SSSR count). The van der Waals surface area contributed by atoms with E-state index in [4.69, 9.17) is 9.47 Å². The standard InChI is InChI=1S/C21H29N3O4/c1-3-21(2)11-19(25)24(20(26)12-21)14-23-8-6-22(7-9-23)13-16-4-5-17-18(10-16)28-15-27-17/h4-5,10H,3,6-9,11-15H2,1-2H3. The van der Waals surface area contributed by atoms with Gasteiger partial charge in [-0.3, -0.25) is 24.3 Å². The largest absolute Gasteiger partial charge is 0.454 e. The molecule has 0 aliphatic carbocycles. The molecule has 28 heavy (non-hydrogen) atoms. The molecule has 3 heterocycles. The number of hydrogen-bond donors (Lipinski definition) is 0. The van der Waals surface area contributed by atoms with Gasteiger partial charge < -0.3 is 9.47 Å². The van der Waals surface area contributed by atoms with Gasteiger partial charge in [0.05, 0.1) is 6.67 Å². The smallest absolute Gasteiger partial charge is 0.231 e. The molecule has 7 nitrogen and oxygen atoms in total. The molecular formula is C21H29N3O4. The number of piperazine rings is 1. The zero-order chi connectivity index (χ0) is 19.7. The van der Waals surface area contributed by atoms with E-state index in [1.54, 1.807) is 0 Å². The second-order valence-corrected chi connectivity index (χ2v) is 8.46. The van der Waals surface area contributed by atoms with Crippen LogP contribution < -0.4 is 9.47 Å². The maximum absolute atomic E-state index is 12.5. The Morgan fingerprint density at radius 1 is 0.964 bits per heavy atom. The Balaban J connectivity index is 1.27. The van der Waals surface area contributed by atoms with E-state index in [-0.39, 0.29) is 17.2 Å². The monoisotopic (exact) mass is 387 g/mol. The van der Waals surface area contributed by atoms with Gasteiger partial charge in [0, 0.05) is 45.6 Å². The van der Waals surface area contributed by atoms with Crippen molar-refractivity contribution in [3.8, 4) is 11.5 Å². The van der Waals surface area contributed by atoms with Crippen LogP contribution in [-0.2, 0) is 16.1 Å². The Hall–Kier alpha value is -2.12. The number of carbonyl (C=O) groups is 2. The number of fused-ring (bicyclic) bond motifs is 1. The molecule has 0 radical (unpaired) electrons.